The summed E-state index contributed by atoms with van der Waals surface area (Å²) in [6.45, 7) is 0. The maximum Gasteiger partial charge on any atom is 0.449 e. The third kappa shape index (κ3) is 4.29. The summed E-state index contributed by atoms with van der Waals surface area (Å²) >= 11 is 0. The molecule has 4 aromatic rings. The first-order chi connectivity index (χ1) is 14.4. The summed E-state index contributed by atoms with van der Waals surface area (Å²) < 4.78 is 38.9. The van der Waals surface area contributed by atoms with Crippen molar-refractivity contribution in [2.75, 3.05) is 0 Å². The second kappa shape index (κ2) is 7.93. The number of alkyl halides is 3. The van der Waals surface area contributed by atoms with Crippen LogP contribution in [0.25, 0.3) is 11.0 Å². The first kappa shape index (κ1) is 19.6. The van der Waals surface area contributed by atoms with Crippen molar-refractivity contribution in [2.45, 2.75) is 25.1 Å². The topological polar surface area (TPSA) is 112 Å². The van der Waals surface area contributed by atoms with Crippen LogP contribution in [0.4, 0.5) is 13.2 Å². The molecule has 154 valence electrons. The van der Waals surface area contributed by atoms with Crippen LogP contribution in [0.2, 0.25) is 0 Å². The van der Waals surface area contributed by atoms with Crippen molar-refractivity contribution < 1.29 is 18.0 Å². The monoisotopic (exact) mass is 415 g/mol. The zero-order valence-corrected chi connectivity index (χ0v) is 15.4. The van der Waals surface area contributed by atoms with Gasteiger partial charge in [0.25, 0.3) is 0 Å². The molecule has 0 saturated carbocycles. The van der Waals surface area contributed by atoms with Gasteiger partial charge in [0.1, 0.15) is 0 Å². The number of aromatic amines is 2. The standard InChI is InChI=1S/C19H16F3N7O/c20-19(21,22)18-23-13-7-6-12(10-14(13)24-18)17(11-4-2-1-3-5-11)25-16(30)9-8-15-26-28-29-27-15/h1-7,10,17H,8-9H2,(H,23,24)(H,25,30)(H,26,27,28,29). The maximum absolute atomic E-state index is 13.0. The summed E-state index contributed by atoms with van der Waals surface area (Å²) in [4.78, 5) is 18.4. The lowest BCUT2D eigenvalue weighted by Crippen LogP contribution is -2.29. The molecule has 4 rings (SSSR count). The van der Waals surface area contributed by atoms with Crippen molar-refractivity contribution in [3.8, 4) is 0 Å². The number of tetrazole rings is 1. The molecule has 0 aliphatic carbocycles. The second-order valence-electron chi connectivity index (χ2n) is 6.60. The number of fused-ring (bicyclic) bond motifs is 1. The molecule has 0 aliphatic heterocycles. The molecule has 0 radical (unpaired) electrons. The average Bonchev–Trinajstić information content (AvgIpc) is 3.40. The summed E-state index contributed by atoms with van der Waals surface area (Å²) in [5.41, 5.74) is 1.85. The van der Waals surface area contributed by atoms with Gasteiger partial charge in [-0.3, -0.25) is 4.79 Å². The third-order valence-corrected chi connectivity index (χ3v) is 4.51. The number of imidazole rings is 1. The smallest absolute Gasteiger partial charge is 0.345 e. The van der Waals surface area contributed by atoms with E-state index in [9.17, 15) is 18.0 Å². The quantitative estimate of drug-likeness (QED) is 0.448. The number of halogens is 3. The summed E-state index contributed by atoms with van der Waals surface area (Å²) in [5.74, 6) is -0.899. The fraction of sp³-hybridized carbons (Fsp3) is 0.211. The lowest BCUT2D eigenvalue weighted by Gasteiger charge is -2.20. The molecule has 0 saturated heterocycles. The number of hydrogen-bond acceptors (Lipinski definition) is 5. The molecule has 30 heavy (non-hydrogen) atoms. The van der Waals surface area contributed by atoms with Gasteiger partial charge in [-0.2, -0.15) is 18.4 Å². The van der Waals surface area contributed by atoms with Crippen LogP contribution in [0.1, 0.15) is 35.2 Å². The van der Waals surface area contributed by atoms with Gasteiger partial charge in [0, 0.05) is 12.8 Å². The van der Waals surface area contributed by atoms with Crippen molar-refractivity contribution in [3.05, 3.63) is 71.3 Å². The Hall–Kier alpha value is -3.76. The highest BCUT2D eigenvalue weighted by molar-refractivity contribution is 5.79. The van der Waals surface area contributed by atoms with Gasteiger partial charge >= 0.3 is 6.18 Å². The molecule has 0 aliphatic rings. The van der Waals surface area contributed by atoms with Gasteiger partial charge in [0.2, 0.25) is 11.7 Å². The Morgan fingerprint density at radius 2 is 1.90 bits per heavy atom. The van der Waals surface area contributed by atoms with E-state index in [0.717, 1.165) is 5.56 Å². The highest BCUT2D eigenvalue weighted by Crippen LogP contribution is 2.30. The predicted molar refractivity (Wildman–Crippen MR) is 100 cm³/mol. The molecule has 2 aromatic carbocycles. The number of aryl methyl sites for hydroxylation is 1. The van der Waals surface area contributed by atoms with E-state index in [1.807, 2.05) is 30.3 Å². The zero-order valence-electron chi connectivity index (χ0n) is 15.4. The molecule has 1 atom stereocenters. The largest absolute Gasteiger partial charge is 0.449 e. The first-order valence-electron chi connectivity index (χ1n) is 9.03. The van der Waals surface area contributed by atoms with Crippen LogP contribution < -0.4 is 5.32 Å². The van der Waals surface area contributed by atoms with Gasteiger partial charge in [-0.1, -0.05) is 41.6 Å². The molecule has 0 bridgehead atoms. The fourth-order valence-corrected chi connectivity index (χ4v) is 3.09. The van der Waals surface area contributed by atoms with E-state index < -0.39 is 18.0 Å². The lowest BCUT2D eigenvalue weighted by atomic mass is 9.98. The third-order valence-electron chi connectivity index (χ3n) is 4.51. The van der Waals surface area contributed by atoms with Gasteiger partial charge in [0.05, 0.1) is 17.1 Å². The number of benzene rings is 2. The van der Waals surface area contributed by atoms with Crippen LogP contribution in [-0.2, 0) is 17.4 Å². The van der Waals surface area contributed by atoms with Crippen molar-refractivity contribution in [1.82, 2.24) is 35.9 Å². The van der Waals surface area contributed by atoms with Crippen molar-refractivity contribution in [1.29, 1.82) is 0 Å². The molecule has 2 aromatic heterocycles. The van der Waals surface area contributed by atoms with E-state index in [-0.39, 0.29) is 23.4 Å². The highest BCUT2D eigenvalue weighted by atomic mass is 19.4. The van der Waals surface area contributed by atoms with Gasteiger partial charge in [0.15, 0.2) is 5.82 Å². The lowest BCUT2D eigenvalue weighted by molar-refractivity contribution is -0.144. The van der Waals surface area contributed by atoms with E-state index in [1.165, 1.54) is 6.07 Å². The Labute approximate surface area is 167 Å². The number of amides is 1. The van der Waals surface area contributed by atoms with Gasteiger partial charge in [-0.15, -0.1) is 10.2 Å². The zero-order chi connectivity index (χ0) is 21.1. The Morgan fingerprint density at radius 1 is 1.10 bits per heavy atom. The normalized spacial score (nSPS) is 12.8. The molecule has 3 N–H and O–H groups in total. The summed E-state index contributed by atoms with van der Waals surface area (Å²) in [7, 11) is 0. The number of nitrogens with zero attached hydrogens (tertiary/aromatic N) is 4. The fourth-order valence-electron chi connectivity index (χ4n) is 3.09. The number of nitrogens with one attached hydrogen (secondary N) is 3. The first-order valence-corrected chi connectivity index (χ1v) is 9.03. The Kier molecular flexibility index (Phi) is 5.17. The number of H-pyrrole nitrogens is 2. The SMILES string of the molecule is O=C(CCc1nn[nH]n1)NC(c1ccccc1)c1ccc2nc(C(F)(F)F)[nH]c2c1. The maximum atomic E-state index is 13.0. The Balaban J connectivity index is 1.61. The minimum Gasteiger partial charge on any atom is -0.345 e. The molecular weight excluding hydrogens is 399 g/mol. The average molecular weight is 415 g/mol. The number of carbonyl (C=O) groups is 1. The van der Waals surface area contributed by atoms with Gasteiger partial charge in [-0.25, -0.2) is 4.98 Å². The van der Waals surface area contributed by atoms with E-state index in [2.05, 4.69) is 35.9 Å². The van der Waals surface area contributed by atoms with Crippen molar-refractivity contribution in [3.63, 3.8) is 0 Å². The van der Waals surface area contributed by atoms with Crippen molar-refractivity contribution in [2.24, 2.45) is 0 Å². The second-order valence-corrected chi connectivity index (χ2v) is 6.60. The van der Waals surface area contributed by atoms with E-state index in [4.69, 9.17) is 0 Å². The number of carbonyl (C=O) groups excluding carboxylic acids is 1. The molecular formula is C19H16F3N7O. The van der Waals surface area contributed by atoms with Crippen LogP contribution in [0, 0.1) is 0 Å². The number of rotatable bonds is 6. The molecule has 0 fully saturated rings. The summed E-state index contributed by atoms with van der Waals surface area (Å²) in [6, 6.07) is 13.3. The van der Waals surface area contributed by atoms with Crippen LogP contribution in [0.15, 0.2) is 48.5 Å². The van der Waals surface area contributed by atoms with Crippen molar-refractivity contribution >= 4 is 16.9 Å². The Bertz CT molecular complexity index is 1140. The minimum atomic E-state index is -4.57. The predicted octanol–water partition coefficient (Wildman–Crippen LogP) is 2.93. The molecule has 2 heterocycles. The van der Waals surface area contributed by atoms with Crippen LogP contribution >= 0.6 is 0 Å². The van der Waals surface area contributed by atoms with Crippen LogP contribution in [0.5, 0.6) is 0 Å². The number of aromatic nitrogens is 6. The minimum absolute atomic E-state index is 0.132. The molecule has 0 spiro atoms. The van der Waals surface area contributed by atoms with Crippen LogP contribution in [-0.4, -0.2) is 36.5 Å². The van der Waals surface area contributed by atoms with E-state index in [1.54, 1.807) is 12.1 Å². The van der Waals surface area contributed by atoms with Gasteiger partial charge < -0.3 is 10.3 Å². The molecule has 11 heteroatoms. The summed E-state index contributed by atoms with van der Waals surface area (Å²) in [5, 5.41) is 16.3. The van der Waals surface area contributed by atoms with E-state index in [0.29, 0.717) is 17.8 Å². The van der Waals surface area contributed by atoms with E-state index >= 15 is 0 Å². The summed E-state index contributed by atoms with van der Waals surface area (Å²) in [6.07, 6.45) is -4.13. The molecule has 1 unspecified atom stereocenters. The number of hydrogen-bond donors (Lipinski definition) is 3. The highest BCUT2D eigenvalue weighted by Gasteiger charge is 2.34. The van der Waals surface area contributed by atoms with Crippen LogP contribution in [0.3, 0.4) is 0 Å². The molecule has 1 amide bonds. The molecule has 8 nitrogen and oxygen atoms in total. The Morgan fingerprint density at radius 3 is 2.60 bits per heavy atom. The van der Waals surface area contributed by atoms with Gasteiger partial charge in [-0.05, 0) is 23.3 Å².